The van der Waals surface area contributed by atoms with E-state index in [1.807, 2.05) is 13.8 Å². The number of carbonyl (C=O) groups excluding carboxylic acids is 3. The SMILES string of the molecule is CCCC(C)OC(=O)Oc1ccc(C(C(C)COC(=O)OC)[C@H](N)C(=O)O)cc1OC(=O)OC(C)CCC. The van der Waals surface area contributed by atoms with Crippen molar-refractivity contribution in [3.8, 4) is 11.5 Å². The lowest BCUT2D eigenvalue weighted by molar-refractivity contribution is -0.139. The quantitative estimate of drug-likeness (QED) is 0.184. The zero-order valence-corrected chi connectivity index (χ0v) is 22.8. The summed E-state index contributed by atoms with van der Waals surface area (Å²) in [6.07, 6.45) is -1.01. The fourth-order valence-electron chi connectivity index (χ4n) is 3.79. The summed E-state index contributed by atoms with van der Waals surface area (Å²) in [7, 11) is 1.14. The van der Waals surface area contributed by atoms with Crippen molar-refractivity contribution in [2.75, 3.05) is 13.7 Å². The summed E-state index contributed by atoms with van der Waals surface area (Å²) in [5.74, 6) is -3.16. The molecule has 12 heteroatoms. The molecular weight excluding hydrogens is 502 g/mol. The molecule has 0 spiro atoms. The van der Waals surface area contributed by atoms with Crippen LogP contribution < -0.4 is 15.2 Å². The number of rotatable bonds is 14. The predicted molar refractivity (Wildman–Crippen MR) is 135 cm³/mol. The van der Waals surface area contributed by atoms with Crippen molar-refractivity contribution < 1.29 is 52.7 Å². The van der Waals surface area contributed by atoms with E-state index in [2.05, 4.69) is 4.74 Å². The number of carboxylic acid groups (broad SMARTS) is 1. The number of carboxylic acids is 1. The second-order valence-electron chi connectivity index (χ2n) is 8.98. The number of ether oxygens (including phenoxy) is 6. The highest BCUT2D eigenvalue weighted by Gasteiger charge is 2.33. The Labute approximate surface area is 222 Å². The van der Waals surface area contributed by atoms with E-state index in [0.717, 1.165) is 20.0 Å². The van der Waals surface area contributed by atoms with Gasteiger partial charge < -0.3 is 39.3 Å². The van der Waals surface area contributed by atoms with Crippen molar-refractivity contribution in [1.29, 1.82) is 0 Å². The van der Waals surface area contributed by atoms with Gasteiger partial charge in [0.1, 0.15) is 18.2 Å². The molecule has 0 aromatic heterocycles. The molecule has 0 bridgehead atoms. The molecule has 0 aliphatic carbocycles. The molecule has 12 nitrogen and oxygen atoms in total. The zero-order valence-electron chi connectivity index (χ0n) is 22.8. The lowest BCUT2D eigenvalue weighted by atomic mass is 9.82. The van der Waals surface area contributed by atoms with Crippen LogP contribution in [0.25, 0.3) is 0 Å². The average Bonchev–Trinajstić information content (AvgIpc) is 2.84. The minimum atomic E-state index is -1.41. The fourth-order valence-corrected chi connectivity index (χ4v) is 3.79. The monoisotopic (exact) mass is 541 g/mol. The van der Waals surface area contributed by atoms with Crippen LogP contribution in [0, 0.1) is 5.92 Å². The van der Waals surface area contributed by atoms with Crippen LogP contribution in [0.1, 0.15) is 71.8 Å². The normalized spacial score (nSPS) is 14.7. The number of nitrogens with two attached hydrogens (primary N) is 1. The van der Waals surface area contributed by atoms with Gasteiger partial charge >= 0.3 is 24.4 Å². The molecule has 1 aromatic carbocycles. The molecule has 1 rings (SSSR count). The van der Waals surface area contributed by atoms with Gasteiger partial charge in [0.25, 0.3) is 0 Å². The van der Waals surface area contributed by atoms with E-state index < -0.39 is 54.5 Å². The Bertz CT molecular complexity index is 936. The Hall–Kier alpha value is -3.54. The van der Waals surface area contributed by atoms with Crippen LogP contribution in [0.2, 0.25) is 0 Å². The Morgan fingerprint density at radius 2 is 1.39 bits per heavy atom. The summed E-state index contributed by atoms with van der Waals surface area (Å²) in [4.78, 5) is 48.0. The Morgan fingerprint density at radius 3 is 1.87 bits per heavy atom. The first-order valence-corrected chi connectivity index (χ1v) is 12.5. The van der Waals surface area contributed by atoms with Crippen LogP contribution in [-0.4, -0.2) is 61.5 Å². The molecule has 0 fully saturated rings. The van der Waals surface area contributed by atoms with Gasteiger partial charge in [0.2, 0.25) is 0 Å². The van der Waals surface area contributed by atoms with E-state index in [4.69, 9.17) is 29.4 Å². The average molecular weight is 542 g/mol. The smallest absolute Gasteiger partial charge is 0.480 e. The van der Waals surface area contributed by atoms with E-state index >= 15 is 0 Å². The first-order chi connectivity index (χ1) is 17.9. The fraction of sp³-hybridized carbons (Fsp3) is 0.615. The summed E-state index contributed by atoms with van der Waals surface area (Å²) in [5, 5.41) is 9.60. The molecule has 1 aromatic rings. The van der Waals surface area contributed by atoms with E-state index in [1.54, 1.807) is 20.8 Å². The van der Waals surface area contributed by atoms with Crippen molar-refractivity contribution in [3.63, 3.8) is 0 Å². The van der Waals surface area contributed by atoms with E-state index in [0.29, 0.717) is 18.4 Å². The Balaban J connectivity index is 3.37. The summed E-state index contributed by atoms with van der Waals surface area (Å²) in [5.41, 5.74) is 6.30. The molecule has 0 saturated carbocycles. The van der Waals surface area contributed by atoms with Gasteiger partial charge in [-0.05, 0) is 50.3 Å². The molecule has 0 amide bonds. The second-order valence-corrected chi connectivity index (χ2v) is 8.98. The number of aliphatic carboxylic acids is 1. The van der Waals surface area contributed by atoms with Gasteiger partial charge in [0.15, 0.2) is 11.5 Å². The topological polar surface area (TPSA) is 170 Å². The minimum absolute atomic E-state index is 0.149. The van der Waals surface area contributed by atoms with Crippen LogP contribution in [0.3, 0.4) is 0 Å². The van der Waals surface area contributed by atoms with E-state index in [9.17, 15) is 24.3 Å². The molecular formula is C26H39NO11. The summed E-state index contributed by atoms with van der Waals surface area (Å²) >= 11 is 0. The third-order valence-corrected chi connectivity index (χ3v) is 5.64. The molecule has 0 aliphatic heterocycles. The maximum atomic E-state index is 12.5. The van der Waals surface area contributed by atoms with Crippen LogP contribution in [0.5, 0.6) is 11.5 Å². The van der Waals surface area contributed by atoms with Crippen LogP contribution >= 0.6 is 0 Å². The van der Waals surface area contributed by atoms with Gasteiger partial charge in [-0.3, -0.25) is 4.79 Å². The predicted octanol–water partition coefficient (Wildman–Crippen LogP) is 5.01. The van der Waals surface area contributed by atoms with Gasteiger partial charge in [-0.15, -0.1) is 0 Å². The van der Waals surface area contributed by atoms with Crippen LogP contribution in [0.15, 0.2) is 18.2 Å². The maximum absolute atomic E-state index is 12.5. The third-order valence-electron chi connectivity index (χ3n) is 5.64. The van der Waals surface area contributed by atoms with Crippen molar-refractivity contribution in [2.45, 2.75) is 84.5 Å². The number of hydrogen-bond donors (Lipinski definition) is 2. The molecule has 0 heterocycles. The van der Waals surface area contributed by atoms with Gasteiger partial charge in [0, 0.05) is 5.92 Å². The van der Waals surface area contributed by atoms with Crippen LogP contribution in [0.4, 0.5) is 14.4 Å². The summed E-state index contributed by atoms with van der Waals surface area (Å²) in [6.45, 7) is 8.72. The number of carbonyl (C=O) groups is 4. The summed E-state index contributed by atoms with van der Waals surface area (Å²) in [6, 6.07) is 2.71. The first kappa shape index (κ1) is 32.5. The number of hydrogen-bond acceptors (Lipinski definition) is 11. The van der Waals surface area contributed by atoms with Crippen molar-refractivity contribution in [3.05, 3.63) is 23.8 Å². The molecule has 4 unspecified atom stereocenters. The van der Waals surface area contributed by atoms with Gasteiger partial charge in [-0.1, -0.05) is 39.7 Å². The maximum Gasteiger partial charge on any atom is 0.514 e. The molecule has 5 atom stereocenters. The van der Waals surface area contributed by atoms with Gasteiger partial charge in [-0.25, -0.2) is 14.4 Å². The van der Waals surface area contributed by atoms with Gasteiger partial charge in [-0.2, -0.15) is 0 Å². The third kappa shape index (κ3) is 10.8. The molecule has 214 valence electrons. The van der Waals surface area contributed by atoms with Crippen molar-refractivity contribution in [1.82, 2.24) is 0 Å². The van der Waals surface area contributed by atoms with Crippen molar-refractivity contribution >= 4 is 24.4 Å². The molecule has 0 saturated heterocycles. The van der Waals surface area contributed by atoms with Gasteiger partial charge in [0.05, 0.1) is 13.7 Å². The van der Waals surface area contributed by atoms with Crippen LogP contribution in [-0.2, 0) is 23.7 Å². The molecule has 0 aliphatic rings. The lowest BCUT2D eigenvalue weighted by Crippen LogP contribution is -2.40. The molecule has 38 heavy (non-hydrogen) atoms. The largest absolute Gasteiger partial charge is 0.514 e. The number of benzene rings is 1. The van der Waals surface area contributed by atoms with Crippen molar-refractivity contribution in [2.24, 2.45) is 11.7 Å². The lowest BCUT2D eigenvalue weighted by Gasteiger charge is -2.27. The number of methoxy groups -OCH3 is 1. The molecule has 3 N–H and O–H groups in total. The Kier molecular flexibility index (Phi) is 14.0. The highest BCUT2D eigenvalue weighted by atomic mass is 16.8. The first-order valence-electron chi connectivity index (χ1n) is 12.5. The summed E-state index contributed by atoms with van der Waals surface area (Å²) < 4.78 is 30.5. The standard InChI is InChI=1S/C26H39NO11/c1-7-9-16(4)35-25(31)37-19-12-11-18(13-20(19)38-26(32)36-17(5)10-8-2)21(22(27)23(28)29)15(3)14-34-24(30)33-6/h11-13,15-17,21-22H,7-10,14,27H2,1-6H3,(H,28,29)/t15?,16?,17?,21?,22-/m0/s1. The highest BCUT2D eigenvalue weighted by molar-refractivity contribution is 5.75. The van der Waals surface area contributed by atoms with E-state index in [1.165, 1.54) is 18.2 Å². The Morgan fingerprint density at radius 1 is 0.868 bits per heavy atom. The van der Waals surface area contributed by atoms with E-state index in [-0.39, 0.29) is 18.1 Å². The minimum Gasteiger partial charge on any atom is -0.480 e. The zero-order chi connectivity index (χ0) is 28.8. The molecule has 0 radical (unpaired) electrons. The second kappa shape index (κ2) is 16.3. The highest BCUT2D eigenvalue weighted by Crippen LogP contribution is 2.36.